The Kier molecular flexibility index (Phi) is 4.99. The number of benzene rings is 2. The number of aromatic nitrogens is 2. The SMILES string of the molecule is CC(NC(=O)C(C)(C)C)C(=O)Nc1cccc(-c2nc3ccccc3[nH]2)c1. The van der Waals surface area contributed by atoms with E-state index in [-0.39, 0.29) is 11.8 Å². The highest BCUT2D eigenvalue weighted by molar-refractivity contribution is 5.98. The molecule has 3 N–H and O–H groups in total. The number of imidazole rings is 1. The van der Waals surface area contributed by atoms with Crippen LogP contribution in [0, 0.1) is 5.41 Å². The predicted molar refractivity (Wildman–Crippen MR) is 107 cm³/mol. The first-order valence-corrected chi connectivity index (χ1v) is 8.91. The maximum absolute atomic E-state index is 12.4. The molecule has 2 amide bonds. The van der Waals surface area contributed by atoms with E-state index in [0.717, 1.165) is 22.4 Å². The van der Waals surface area contributed by atoms with Crippen molar-refractivity contribution in [1.29, 1.82) is 0 Å². The number of rotatable bonds is 4. The molecule has 0 saturated heterocycles. The van der Waals surface area contributed by atoms with E-state index in [4.69, 9.17) is 0 Å². The normalized spacial score (nSPS) is 12.6. The summed E-state index contributed by atoms with van der Waals surface area (Å²) in [5.41, 5.74) is 2.82. The van der Waals surface area contributed by atoms with Crippen LogP contribution in [0.2, 0.25) is 0 Å². The van der Waals surface area contributed by atoms with Crippen molar-refractivity contribution in [2.75, 3.05) is 5.32 Å². The molecule has 0 radical (unpaired) electrons. The van der Waals surface area contributed by atoms with Gasteiger partial charge in [-0.15, -0.1) is 0 Å². The number of nitrogens with zero attached hydrogens (tertiary/aromatic N) is 1. The van der Waals surface area contributed by atoms with Crippen LogP contribution in [0.15, 0.2) is 48.5 Å². The zero-order chi connectivity index (χ0) is 19.6. The van der Waals surface area contributed by atoms with Gasteiger partial charge in [0.1, 0.15) is 11.9 Å². The van der Waals surface area contributed by atoms with Crippen LogP contribution in [-0.4, -0.2) is 27.8 Å². The van der Waals surface area contributed by atoms with Crippen LogP contribution in [0.1, 0.15) is 27.7 Å². The van der Waals surface area contributed by atoms with Crippen molar-refractivity contribution in [2.24, 2.45) is 5.41 Å². The van der Waals surface area contributed by atoms with Crippen molar-refractivity contribution in [3.63, 3.8) is 0 Å². The molecular formula is C21H24N4O2. The quantitative estimate of drug-likeness (QED) is 0.659. The number of hydrogen-bond acceptors (Lipinski definition) is 3. The van der Waals surface area contributed by atoms with Crippen LogP contribution < -0.4 is 10.6 Å². The van der Waals surface area contributed by atoms with E-state index in [1.807, 2.05) is 69.3 Å². The number of nitrogens with one attached hydrogen (secondary N) is 3. The highest BCUT2D eigenvalue weighted by Gasteiger charge is 2.25. The van der Waals surface area contributed by atoms with Crippen molar-refractivity contribution in [3.8, 4) is 11.4 Å². The van der Waals surface area contributed by atoms with Gasteiger partial charge in [0.15, 0.2) is 0 Å². The van der Waals surface area contributed by atoms with E-state index >= 15 is 0 Å². The second-order valence-electron chi connectivity index (χ2n) is 7.62. The van der Waals surface area contributed by atoms with Gasteiger partial charge in [-0.25, -0.2) is 4.98 Å². The molecular weight excluding hydrogens is 340 g/mol. The Morgan fingerprint density at radius 1 is 1.07 bits per heavy atom. The number of carbonyl (C=O) groups excluding carboxylic acids is 2. The first kappa shape index (κ1) is 18.6. The molecule has 27 heavy (non-hydrogen) atoms. The molecule has 0 fully saturated rings. The van der Waals surface area contributed by atoms with Crippen molar-refractivity contribution in [3.05, 3.63) is 48.5 Å². The van der Waals surface area contributed by atoms with Gasteiger partial charge in [-0.2, -0.15) is 0 Å². The average molecular weight is 364 g/mol. The maximum Gasteiger partial charge on any atom is 0.246 e. The molecule has 1 atom stereocenters. The van der Waals surface area contributed by atoms with Crippen LogP contribution in [0.5, 0.6) is 0 Å². The van der Waals surface area contributed by atoms with Gasteiger partial charge < -0.3 is 15.6 Å². The zero-order valence-corrected chi connectivity index (χ0v) is 16.0. The van der Waals surface area contributed by atoms with E-state index in [1.54, 1.807) is 6.92 Å². The fourth-order valence-electron chi connectivity index (χ4n) is 2.56. The zero-order valence-electron chi connectivity index (χ0n) is 16.0. The molecule has 140 valence electrons. The molecule has 0 aliphatic carbocycles. The largest absolute Gasteiger partial charge is 0.344 e. The first-order chi connectivity index (χ1) is 12.7. The van der Waals surface area contributed by atoms with Crippen molar-refractivity contribution in [2.45, 2.75) is 33.7 Å². The highest BCUT2D eigenvalue weighted by atomic mass is 16.2. The molecule has 1 unspecified atom stereocenters. The topological polar surface area (TPSA) is 86.9 Å². The molecule has 3 aromatic rings. The summed E-state index contributed by atoms with van der Waals surface area (Å²) < 4.78 is 0. The van der Waals surface area contributed by atoms with Gasteiger partial charge in [-0.3, -0.25) is 9.59 Å². The number of aromatic amines is 1. The van der Waals surface area contributed by atoms with Crippen LogP contribution in [0.25, 0.3) is 22.4 Å². The Bertz CT molecular complexity index is 952. The van der Waals surface area contributed by atoms with Gasteiger partial charge in [-0.05, 0) is 31.2 Å². The van der Waals surface area contributed by atoms with Gasteiger partial charge in [-0.1, -0.05) is 45.0 Å². The summed E-state index contributed by atoms with van der Waals surface area (Å²) in [5.74, 6) is 0.303. The third kappa shape index (κ3) is 4.34. The number of amides is 2. The summed E-state index contributed by atoms with van der Waals surface area (Å²) in [7, 11) is 0. The number of para-hydroxylation sites is 2. The average Bonchev–Trinajstić information content (AvgIpc) is 3.05. The Balaban J connectivity index is 1.73. The van der Waals surface area contributed by atoms with Crippen LogP contribution in [0.4, 0.5) is 5.69 Å². The minimum Gasteiger partial charge on any atom is -0.344 e. The number of carbonyl (C=O) groups is 2. The summed E-state index contributed by atoms with van der Waals surface area (Å²) in [5, 5.41) is 5.58. The molecule has 0 bridgehead atoms. The van der Waals surface area contributed by atoms with Gasteiger partial charge in [0.2, 0.25) is 11.8 Å². The minimum absolute atomic E-state index is 0.166. The highest BCUT2D eigenvalue weighted by Crippen LogP contribution is 2.23. The number of H-pyrrole nitrogens is 1. The molecule has 0 aliphatic rings. The molecule has 6 heteroatoms. The van der Waals surface area contributed by atoms with Gasteiger partial charge in [0, 0.05) is 16.7 Å². The maximum atomic E-state index is 12.4. The second-order valence-corrected chi connectivity index (χ2v) is 7.62. The third-order valence-corrected chi connectivity index (χ3v) is 4.21. The predicted octanol–water partition coefficient (Wildman–Crippen LogP) is 3.72. The number of anilines is 1. The summed E-state index contributed by atoms with van der Waals surface area (Å²) in [6.07, 6.45) is 0. The molecule has 0 spiro atoms. The molecule has 1 heterocycles. The lowest BCUT2D eigenvalue weighted by atomic mass is 9.95. The Labute approximate surface area is 158 Å². The van der Waals surface area contributed by atoms with Gasteiger partial charge in [0.25, 0.3) is 0 Å². The monoisotopic (exact) mass is 364 g/mol. The molecule has 0 saturated carbocycles. The Morgan fingerprint density at radius 3 is 2.52 bits per heavy atom. The lowest BCUT2D eigenvalue weighted by Gasteiger charge is -2.21. The van der Waals surface area contributed by atoms with E-state index < -0.39 is 11.5 Å². The lowest BCUT2D eigenvalue weighted by molar-refractivity contribution is -0.131. The van der Waals surface area contributed by atoms with Gasteiger partial charge in [0.05, 0.1) is 11.0 Å². The molecule has 2 aromatic carbocycles. The van der Waals surface area contributed by atoms with Crippen molar-refractivity contribution >= 4 is 28.5 Å². The van der Waals surface area contributed by atoms with E-state index in [1.165, 1.54) is 0 Å². The van der Waals surface area contributed by atoms with Crippen molar-refractivity contribution in [1.82, 2.24) is 15.3 Å². The van der Waals surface area contributed by atoms with Crippen molar-refractivity contribution < 1.29 is 9.59 Å². The summed E-state index contributed by atoms with van der Waals surface area (Å²) in [6, 6.07) is 14.6. The van der Waals surface area contributed by atoms with E-state index in [9.17, 15) is 9.59 Å². The van der Waals surface area contributed by atoms with E-state index in [0.29, 0.717) is 5.69 Å². The fraction of sp³-hybridized carbons (Fsp3) is 0.286. The van der Waals surface area contributed by atoms with Crippen LogP contribution in [-0.2, 0) is 9.59 Å². The summed E-state index contributed by atoms with van der Waals surface area (Å²) >= 11 is 0. The Morgan fingerprint density at radius 2 is 1.81 bits per heavy atom. The third-order valence-electron chi connectivity index (χ3n) is 4.21. The second kappa shape index (κ2) is 7.23. The van der Waals surface area contributed by atoms with E-state index in [2.05, 4.69) is 20.6 Å². The van der Waals surface area contributed by atoms with Crippen LogP contribution >= 0.6 is 0 Å². The molecule has 1 aromatic heterocycles. The minimum atomic E-state index is -0.633. The molecule has 0 aliphatic heterocycles. The van der Waals surface area contributed by atoms with Gasteiger partial charge >= 0.3 is 0 Å². The number of hydrogen-bond donors (Lipinski definition) is 3. The lowest BCUT2D eigenvalue weighted by Crippen LogP contribution is -2.46. The Hall–Kier alpha value is -3.15. The summed E-state index contributed by atoms with van der Waals surface area (Å²) in [4.78, 5) is 32.3. The van der Waals surface area contributed by atoms with Crippen LogP contribution in [0.3, 0.4) is 0 Å². The molecule has 6 nitrogen and oxygen atoms in total. The number of fused-ring (bicyclic) bond motifs is 1. The summed E-state index contributed by atoms with van der Waals surface area (Å²) in [6.45, 7) is 7.10. The first-order valence-electron chi connectivity index (χ1n) is 8.91. The molecule has 3 rings (SSSR count). The smallest absolute Gasteiger partial charge is 0.246 e. The standard InChI is InChI=1S/C21H24N4O2/c1-13(22-20(27)21(2,3)4)19(26)23-15-9-7-8-14(12-15)18-24-16-10-5-6-11-17(16)25-18/h5-13H,1-4H3,(H,22,27)(H,23,26)(H,24,25). The fourth-order valence-corrected chi connectivity index (χ4v) is 2.56.